The number of carbonyl (C=O) groups is 1. The Morgan fingerprint density at radius 2 is 2.14 bits per heavy atom. The Labute approximate surface area is 124 Å². The van der Waals surface area contributed by atoms with E-state index in [1.165, 1.54) is 6.26 Å². The number of aryl methyl sites for hydroxylation is 1. The van der Waals surface area contributed by atoms with Crippen LogP contribution in [0.1, 0.15) is 41.7 Å². The number of aromatic nitrogens is 2. The van der Waals surface area contributed by atoms with E-state index in [1.54, 1.807) is 13.1 Å². The van der Waals surface area contributed by atoms with Crippen molar-refractivity contribution in [1.29, 1.82) is 0 Å². The predicted octanol–water partition coefficient (Wildman–Crippen LogP) is 0.166. The van der Waals surface area contributed by atoms with Crippen molar-refractivity contribution in [3.05, 3.63) is 17.5 Å². The van der Waals surface area contributed by atoms with Gasteiger partial charge in [0.15, 0.2) is 0 Å². The monoisotopic (exact) mass is 315 g/mol. The second kappa shape index (κ2) is 5.76. The molecule has 0 unspecified atom stereocenters. The van der Waals surface area contributed by atoms with Crippen LogP contribution in [0.3, 0.4) is 0 Å². The van der Waals surface area contributed by atoms with Gasteiger partial charge in [-0.05, 0) is 38.2 Å². The fourth-order valence-electron chi connectivity index (χ4n) is 2.64. The summed E-state index contributed by atoms with van der Waals surface area (Å²) in [5.41, 5.74) is 0.0776. The Balaban J connectivity index is 1.89. The van der Waals surface area contributed by atoms with Gasteiger partial charge in [0.1, 0.15) is 15.5 Å². The van der Waals surface area contributed by atoms with Crippen molar-refractivity contribution in [3.63, 3.8) is 0 Å². The Morgan fingerprint density at radius 3 is 2.62 bits per heavy atom. The SMILES string of the molecule is Cc1cn[nH]c1C(=O)NCC1(O)CCC(S(C)(=O)=O)CC1. The minimum Gasteiger partial charge on any atom is -0.388 e. The maximum Gasteiger partial charge on any atom is 0.269 e. The van der Waals surface area contributed by atoms with E-state index < -0.39 is 15.4 Å². The molecule has 0 atom stereocenters. The molecule has 1 aliphatic carbocycles. The molecule has 118 valence electrons. The molecular formula is C13H21N3O4S. The number of carbonyl (C=O) groups excluding carboxylic acids is 1. The minimum absolute atomic E-state index is 0.112. The lowest BCUT2D eigenvalue weighted by molar-refractivity contribution is 0.00606. The molecule has 1 amide bonds. The van der Waals surface area contributed by atoms with Crippen LogP contribution in [0.5, 0.6) is 0 Å². The quantitative estimate of drug-likeness (QED) is 0.733. The van der Waals surface area contributed by atoms with Gasteiger partial charge < -0.3 is 10.4 Å². The first kappa shape index (κ1) is 16.0. The van der Waals surface area contributed by atoms with Gasteiger partial charge in [-0.15, -0.1) is 0 Å². The summed E-state index contributed by atoms with van der Waals surface area (Å²) in [7, 11) is -3.06. The molecule has 8 heteroatoms. The molecule has 1 aromatic heterocycles. The molecule has 21 heavy (non-hydrogen) atoms. The molecule has 1 heterocycles. The fourth-order valence-corrected chi connectivity index (χ4v) is 3.74. The third kappa shape index (κ3) is 3.82. The number of amides is 1. The summed E-state index contributed by atoms with van der Waals surface area (Å²) in [5, 5.41) is 19.1. The summed E-state index contributed by atoms with van der Waals surface area (Å²) < 4.78 is 23.0. The summed E-state index contributed by atoms with van der Waals surface area (Å²) in [6, 6.07) is 0. The van der Waals surface area contributed by atoms with Crippen LogP contribution in [0.4, 0.5) is 0 Å². The van der Waals surface area contributed by atoms with Crippen molar-refractivity contribution >= 4 is 15.7 Å². The highest BCUT2D eigenvalue weighted by Gasteiger charge is 2.37. The van der Waals surface area contributed by atoms with Crippen LogP contribution in [-0.4, -0.2) is 53.3 Å². The smallest absolute Gasteiger partial charge is 0.269 e. The van der Waals surface area contributed by atoms with Crippen LogP contribution in [0.25, 0.3) is 0 Å². The maximum atomic E-state index is 11.9. The number of nitrogens with one attached hydrogen (secondary N) is 2. The van der Waals surface area contributed by atoms with Gasteiger partial charge in [-0.25, -0.2) is 8.42 Å². The molecular weight excluding hydrogens is 294 g/mol. The van der Waals surface area contributed by atoms with E-state index >= 15 is 0 Å². The third-order valence-electron chi connectivity index (χ3n) is 4.10. The second-order valence-corrected chi connectivity index (χ2v) is 8.19. The summed E-state index contributed by atoms with van der Waals surface area (Å²) in [6.45, 7) is 1.88. The van der Waals surface area contributed by atoms with Crippen molar-refractivity contribution < 1.29 is 18.3 Å². The standard InChI is InChI=1S/C13H21N3O4S/c1-9-7-15-16-11(9)12(17)14-8-13(18)5-3-10(4-6-13)21(2,19)20/h7,10,18H,3-6,8H2,1-2H3,(H,14,17)(H,15,16). The average Bonchev–Trinajstić information content (AvgIpc) is 2.82. The van der Waals surface area contributed by atoms with E-state index in [-0.39, 0.29) is 17.7 Å². The first-order valence-electron chi connectivity index (χ1n) is 6.91. The van der Waals surface area contributed by atoms with Gasteiger partial charge in [0, 0.05) is 12.8 Å². The second-order valence-electron chi connectivity index (χ2n) is 5.86. The van der Waals surface area contributed by atoms with Gasteiger partial charge >= 0.3 is 0 Å². The average molecular weight is 315 g/mol. The van der Waals surface area contributed by atoms with Crippen molar-refractivity contribution in [1.82, 2.24) is 15.5 Å². The number of sulfone groups is 1. The van der Waals surface area contributed by atoms with Gasteiger partial charge in [0.25, 0.3) is 5.91 Å². The van der Waals surface area contributed by atoms with Gasteiger partial charge in [-0.1, -0.05) is 0 Å². The summed E-state index contributed by atoms with van der Waals surface area (Å²) in [5.74, 6) is -0.316. The molecule has 0 spiro atoms. The topological polar surface area (TPSA) is 112 Å². The molecule has 1 aromatic rings. The lowest BCUT2D eigenvalue weighted by atomic mass is 9.84. The molecule has 1 fully saturated rings. The number of H-pyrrole nitrogens is 1. The van der Waals surface area contributed by atoms with Gasteiger partial charge in [-0.2, -0.15) is 5.10 Å². The van der Waals surface area contributed by atoms with Crippen molar-refractivity contribution in [3.8, 4) is 0 Å². The first-order valence-corrected chi connectivity index (χ1v) is 8.86. The maximum absolute atomic E-state index is 11.9. The minimum atomic E-state index is -3.06. The third-order valence-corrected chi connectivity index (χ3v) is 5.79. The molecule has 3 N–H and O–H groups in total. The van der Waals surface area contributed by atoms with Crippen molar-refractivity contribution in [2.75, 3.05) is 12.8 Å². The van der Waals surface area contributed by atoms with Crippen molar-refractivity contribution in [2.24, 2.45) is 0 Å². The number of hydrogen-bond donors (Lipinski definition) is 3. The molecule has 1 saturated carbocycles. The summed E-state index contributed by atoms with van der Waals surface area (Å²) in [6.07, 6.45) is 4.37. The van der Waals surface area contributed by atoms with Gasteiger partial charge in [0.05, 0.1) is 17.0 Å². The van der Waals surface area contributed by atoms with Crippen LogP contribution < -0.4 is 5.32 Å². The highest BCUT2D eigenvalue weighted by Crippen LogP contribution is 2.31. The van der Waals surface area contributed by atoms with Gasteiger partial charge in [0.2, 0.25) is 0 Å². The van der Waals surface area contributed by atoms with E-state index in [4.69, 9.17) is 0 Å². The first-order chi connectivity index (χ1) is 9.71. The lowest BCUT2D eigenvalue weighted by Gasteiger charge is -2.35. The number of rotatable bonds is 4. The molecule has 0 radical (unpaired) electrons. The Bertz CT molecular complexity index is 615. The highest BCUT2D eigenvalue weighted by molar-refractivity contribution is 7.91. The molecule has 0 aliphatic heterocycles. The van der Waals surface area contributed by atoms with Gasteiger partial charge in [-0.3, -0.25) is 9.89 Å². The fraction of sp³-hybridized carbons (Fsp3) is 0.692. The van der Waals surface area contributed by atoms with Crippen LogP contribution >= 0.6 is 0 Å². The Hall–Kier alpha value is -1.41. The zero-order chi connectivity index (χ0) is 15.7. The molecule has 1 aliphatic rings. The number of aliphatic hydroxyl groups is 1. The van der Waals surface area contributed by atoms with Crippen molar-refractivity contribution in [2.45, 2.75) is 43.5 Å². The van der Waals surface area contributed by atoms with E-state index in [9.17, 15) is 18.3 Å². The molecule has 2 rings (SSSR count). The van der Waals surface area contributed by atoms with Crippen LogP contribution in [0.15, 0.2) is 6.20 Å². The van der Waals surface area contributed by atoms with E-state index in [0.717, 1.165) is 5.56 Å². The van der Waals surface area contributed by atoms with Crippen LogP contribution in [0, 0.1) is 6.92 Å². The Kier molecular flexibility index (Phi) is 4.38. The molecule has 0 aromatic carbocycles. The Morgan fingerprint density at radius 1 is 1.52 bits per heavy atom. The van der Waals surface area contributed by atoms with E-state index in [1.807, 2.05) is 0 Å². The summed E-state index contributed by atoms with van der Waals surface area (Å²) in [4.78, 5) is 11.9. The van der Waals surface area contributed by atoms with E-state index in [0.29, 0.717) is 31.4 Å². The normalized spacial score (nSPS) is 26.5. The predicted molar refractivity (Wildman–Crippen MR) is 77.7 cm³/mol. The number of aromatic amines is 1. The van der Waals surface area contributed by atoms with Crippen LogP contribution in [0.2, 0.25) is 0 Å². The number of hydrogen-bond acceptors (Lipinski definition) is 5. The zero-order valence-electron chi connectivity index (χ0n) is 12.2. The largest absolute Gasteiger partial charge is 0.388 e. The molecule has 0 bridgehead atoms. The van der Waals surface area contributed by atoms with E-state index in [2.05, 4.69) is 15.5 Å². The molecule has 0 saturated heterocycles. The lowest BCUT2D eigenvalue weighted by Crippen LogP contribution is -2.47. The molecule has 7 nitrogen and oxygen atoms in total. The number of nitrogens with zero attached hydrogens (tertiary/aromatic N) is 1. The summed E-state index contributed by atoms with van der Waals surface area (Å²) >= 11 is 0. The zero-order valence-corrected chi connectivity index (χ0v) is 13.0. The van der Waals surface area contributed by atoms with Crippen LogP contribution in [-0.2, 0) is 9.84 Å². The highest BCUT2D eigenvalue weighted by atomic mass is 32.2.